The highest BCUT2D eigenvalue weighted by atomic mass is 35.5. The van der Waals surface area contributed by atoms with E-state index in [1.807, 2.05) is 0 Å². The van der Waals surface area contributed by atoms with Crippen molar-refractivity contribution in [3.8, 4) is 0 Å². The lowest BCUT2D eigenvalue weighted by atomic mass is 10.2. The van der Waals surface area contributed by atoms with Gasteiger partial charge in [-0.15, -0.1) is 0 Å². The number of benzene rings is 2. The molecule has 0 bridgehead atoms. The molecule has 3 rings (SSSR count). The molecule has 0 unspecified atom stereocenters. The van der Waals surface area contributed by atoms with Gasteiger partial charge >= 0.3 is 0 Å². The van der Waals surface area contributed by atoms with E-state index in [2.05, 4.69) is 4.98 Å². The molecule has 0 aliphatic rings. The topological polar surface area (TPSA) is 47.0 Å². The van der Waals surface area contributed by atoms with Crippen LogP contribution in [0.1, 0.15) is 0 Å². The fourth-order valence-electron chi connectivity index (χ4n) is 2.11. The van der Waals surface area contributed by atoms with E-state index in [1.165, 1.54) is 6.07 Å². The maximum atomic E-state index is 13.8. The second-order valence-electron chi connectivity index (χ2n) is 4.68. The van der Waals surface area contributed by atoms with Crippen LogP contribution in [0, 0.1) is 11.6 Å². The lowest BCUT2D eigenvalue weighted by molar-refractivity contribution is 0.594. The molecule has 0 N–H and O–H groups in total. The van der Waals surface area contributed by atoms with Gasteiger partial charge in [-0.3, -0.25) is 4.98 Å². The van der Waals surface area contributed by atoms with Crippen molar-refractivity contribution in [1.29, 1.82) is 0 Å². The number of hydrogen-bond donors (Lipinski definition) is 0. The first-order valence-corrected chi connectivity index (χ1v) is 8.48. The Kier molecular flexibility index (Phi) is 4.00. The number of aromatic nitrogens is 1. The molecule has 0 fully saturated rings. The number of sulfone groups is 1. The van der Waals surface area contributed by atoms with E-state index in [4.69, 9.17) is 23.2 Å². The zero-order valence-electron chi connectivity index (χ0n) is 11.2. The average molecular weight is 374 g/mol. The van der Waals surface area contributed by atoms with E-state index in [0.29, 0.717) is 0 Å². The summed E-state index contributed by atoms with van der Waals surface area (Å²) in [6, 6.07) is 6.66. The predicted octanol–water partition coefficient (Wildman–Crippen LogP) is 4.65. The van der Waals surface area contributed by atoms with Gasteiger partial charge in [-0.25, -0.2) is 17.2 Å². The van der Waals surface area contributed by atoms with Crippen LogP contribution in [0.4, 0.5) is 8.78 Å². The summed E-state index contributed by atoms with van der Waals surface area (Å²) in [6.45, 7) is 0. The maximum Gasteiger partial charge on any atom is 0.209 e. The second-order valence-corrected chi connectivity index (χ2v) is 7.41. The average Bonchev–Trinajstić information content (AvgIpc) is 2.48. The van der Waals surface area contributed by atoms with Gasteiger partial charge in [0.2, 0.25) is 9.84 Å². The first-order valence-electron chi connectivity index (χ1n) is 6.24. The number of halogens is 4. The van der Waals surface area contributed by atoms with Crippen molar-refractivity contribution < 1.29 is 17.2 Å². The molecular weight excluding hydrogens is 367 g/mol. The Morgan fingerprint density at radius 3 is 2.30 bits per heavy atom. The highest BCUT2D eigenvalue weighted by Crippen LogP contribution is 2.34. The summed E-state index contributed by atoms with van der Waals surface area (Å²) in [5.41, 5.74) is -0.0857. The van der Waals surface area contributed by atoms with Gasteiger partial charge in [0.1, 0.15) is 16.2 Å². The number of pyridine rings is 1. The van der Waals surface area contributed by atoms with Gasteiger partial charge in [0.15, 0.2) is 5.82 Å². The molecule has 23 heavy (non-hydrogen) atoms. The van der Waals surface area contributed by atoms with E-state index in [0.717, 1.165) is 36.5 Å². The number of fused-ring (bicyclic) bond motifs is 1. The molecule has 3 aromatic rings. The SMILES string of the molecule is O=S(=O)(c1ccc(F)cc1)c1cnc2c(F)cc(Cl)cc2c1Cl. The molecule has 2 aromatic carbocycles. The van der Waals surface area contributed by atoms with Gasteiger partial charge < -0.3 is 0 Å². The van der Waals surface area contributed by atoms with E-state index in [1.54, 1.807) is 0 Å². The number of nitrogens with zero attached hydrogens (tertiary/aromatic N) is 1. The van der Waals surface area contributed by atoms with E-state index in [9.17, 15) is 17.2 Å². The quantitative estimate of drug-likeness (QED) is 0.614. The molecule has 0 radical (unpaired) electrons. The molecule has 0 aliphatic heterocycles. The fraction of sp³-hybridized carbons (Fsp3) is 0. The highest BCUT2D eigenvalue weighted by Gasteiger charge is 2.24. The Balaban J connectivity index is 2.28. The van der Waals surface area contributed by atoms with Crippen LogP contribution in [0.25, 0.3) is 10.9 Å². The fourth-order valence-corrected chi connectivity index (χ4v) is 4.09. The molecule has 0 amide bonds. The minimum Gasteiger partial charge on any atom is -0.252 e. The third kappa shape index (κ3) is 2.78. The maximum absolute atomic E-state index is 13.8. The summed E-state index contributed by atoms with van der Waals surface area (Å²) in [7, 11) is -4.03. The lowest BCUT2D eigenvalue weighted by Gasteiger charge is -2.09. The summed E-state index contributed by atoms with van der Waals surface area (Å²) < 4.78 is 52.0. The largest absolute Gasteiger partial charge is 0.252 e. The summed E-state index contributed by atoms with van der Waals surface area (Å²) in [5, 5.41) is -0.0457. The zero-order chi connectivity index (χ0) is 16.8. The van der Waals surface area contributed by atoms with Crippen molar-refractivity contribution in [1.82, 2.24) is 4.98 Å². The molecule has 1 heterocycles. The minimum absolute atomic E-state index is 0.0648. The zero-order valence-corrected chi connectivity index (χ0v) is 13.6. The van der Waals surface area contributed by atoms with Crippen LogP contribution in [0.5, 0.6) is 0 Å². The van der Waals surface area contributed by atoms with Gasteiger partial charge in [0.05, 0.1) is 9.92 Å². The molecule has 3 nitrogen and oxygen atoms in total. The predicted molar refractivity (Wildman–Crippen MR) is 83.6 cm³/mol. The standard InChI is InChI=1S/C15H7Cl2F2NO2S/c16-8-5-11-14(17)13(7-20-15(11)12(19)6-8)23(21,22)10-3-1-9(18)2-4-10/h1-7H. The molecule has 0 atom stereocenters. The molecule has 0 spiro atoms. The normalized spacial score (nSPS) is 11.8. The van der Waals surface area contributed by atoms with Gasteiger partial charge in [0, 0.05) is 16.6 Å². The minimum atomic E-state index is -4.03. The Bertz CT molecular complexity index is 1020. The van der Waals surface area contributed by atoms with E-state index >= 15 is 0 Å². The van der Waals surface area contributed by atoms with Crippen LogP contribution in [0.2, 0.25) is 10.0 Å². The third-order valence-electron chi connectivity index (χ3n) is 3.21. The summed E-state index contributed by atoms with van der Waals surface area (Å²) >= 11 is 11.9. The second kappa shape index (κ2) is 5.70. The third-order valence-corrected chi connectivity index (χ3v) is 5.72. The Morgan fingerprint density at radius 2 is 1.65 bits per heavy atom. The first kappa shape index (κ1) is 16.1. The highest BCUT2D eigenvalue weighted by molar-refractivity contribution is 7.91. The molecule has 0 saturated carbocycles. The smallest absolute Gasteiger partial charge is 0.209 e. The van der Waals surface area contributed by atoms with E-state index < -0.39 is 21.5 Å². The molecular formula is C15H7Cl2F2NO2S. The molecule has 0 aliphatic carbocycles. The molecule has 118 valence electrons. The van der Waals surface area contributed by atoms with Crippen LogP contribution in [-0.2, 0) is 9.84 Å². The van der Waals surface area contributed by atoms with Crippen molar-refractivity contribution in [2.75, 3.05) is 0 Å². The lowest BCUT2D eigenvalue weighted by Crippen LogP contribution is -2.04. The monoisotopic (exact) mass is 373 g/mol. The molecule has 0 saturated heterocycles. The summed E-state index contributed by atoms with van der Waals surface area (Å²) in [6.07, 6.45) is 0.973. The number of rotatable bonds is 2. The Labute approximate surface area is 140 Å². The van der Waals surface area contributed by atoms with Crippen molar-refractivity contribution in [3.05, 3.63) is 64.3 Å². The summed E-state index contributed by atoms with van der Waals surface area (Å²) in [5.74, 6) is -1.28. The Morgan fingerprint density at radius 1 is 1.00 bits per heavy atom. The van der Waals surface area contributed by atoms with Crippen LogP contribution < -0.4 is 0 Å². The van der Waals surface area contributed by atoms with E-state index in [-0.39, 0.29) is 30.7 Å². The summed E-state index contributed by atoms with van der Waals surface area (Å²) in [4.78, 5) is 3.37. The molecule has 1 aromatic heterocycles. The van der Waals surface area contributed by atoms with Crippen LogP contribution in [0.3, 0.4) is 0 Å². The first-order chi connectivity index (χ1) is 10.8. The van der Waals surface area contributed by atoms with Gasteiger partial charge in [-0.05, 0) is 36.4 Å². The van der Waals surface area contributed by atoms with Crippen LogP contribution in [0.15, 0.2) is 52.4 Å². The van der Waals surface area contributed by atoms with Gasteiger partial charge in [0.25, 0.3) is 0 Å². The van der Waals surface area contributed by atoms with Crippen molar-refractivity contribution >= 4 is 43.9 Å². The van der Waals surface area contributed by atoms with Gasteiger partial charge in [-0.1, -0.05) is 23.2 Å². The molecule has 8 heteroatoms. The van der Waals surface area contributed by atoms with Crippen molar-refractivity contribution in [3.63, 3.8) is 0 Å². The van der Waals surface area contributed by atoms with Crippen molar-refractivity contribution in [2.45, 2.75) is 9.79 Å². The number of hydrogen-bond acceptors (Lipinski definition) is 3. The Hall–Kier alpha value is -1.76. The van der Waals surface area contributed by atoms with Crippen LogP contribution in [-0.4, -0.2) is 13.4 Å². The van der Waals surface area contributed by atoms with Gasteiger partial charge in [-0.2, -0.15) is 0 Å². The van der Waals surface area contributed by atoms with Crippen molar-refractivity contribution in [2.24, 2.45) is 0 Å². The van der Waals surface area contributed by atoms with Crippen LogP contribution >= 0.6 is 23.2 Å².